The van der Waals surface area contributed by atoms with E-state index in [1.54, 1.807) is 11.8 Å². The van der Waals surface area contributed by atoms with E-state index in [-0.39, 0.29) is 0 Å². The third-order valence-electron chi connectivity index (χ3n) is 3.16. The molecule has 0 bridgehead atoms. The molecule has 0 amide bonds. The van der Waals surface area contributed by atoms with Crippen LogP contribution < -0.4 is 5.41 Å². The highest BCUT2D eigenvalue weighted by atomic mass is 32.2. The predicted molar refractivity (Wildman–Crippen MR) is 88.8 cm³/mol. The van der Waals surface area contributed by atoms with Gasteiger partial charge in [0.25, 0.3) is 0 Å². The van der Waals surface area contributed by atoms with Crippen LogP contribution in [0.5, 0.6) is 0 Å². The molecule has 21 heavy (non-hydrogen) atoms. The molecular weight excluding hydrogens is 274 g/mol. The molecule has 3 aromatic carbocycles. The van der Waals surface area contributed by atoms with Crippen molar-refractivity contribution in [3.63, 3.8) is 0 Å². The lowest BCUT2D eigenvalue weighted by molar-refractivity contribution is 1.37. The molecule has 0 fully saturated rings. The number of hydrogen-bond acceptors (Lipinski definition) is 1. The Morgan fingerprint density at radius 1 is 0.667 bits per heavy atom. The standard InChI is InChI=1S/C19H14NS/c20-19(15-9-3-1-4-10-15)17-13-7-8-14-18(17)21-16-11-5-2-6-12-16/h1-14H. The van der Waals surface area contributed by atoms with Crippen molar-refractivity contribution in [2.75, 3.05) is 0 Å². The average Bonchev–Trinajstić information content (AvgIpc) is 2.56. The molecule has 0 heterocycles. The smallest absolute Gasteiger partial charge is 0.101 e. The van der Waals surface area contributed by atoms with Crippen molar-refractivity contribution < 1.29 is 0 Å². The maximum atomic E-state index is 10.6. The van der Waals surface area contributed by atoms with Gasteiger partial charge in [0.2, 0.25) is 0 Å². The van der Waals surface area contributed by atoms with Gasteiger partial charge < -0.3 is 0 Å². The molecule has 0 aromatic heterocycles. The van der Waals surface area contributed by atoms with E-state index in [2.05, 4.69) is 12.1 Å². The van der Waals surface area contributed by atoms with Crippen LogP contribution in [0, 0.1) is 0 Å². The van der Waals surface area contributed by atoms with Crippen molar-refractivity contribution in [1.82, 2.24) is 5.41 Å². The first-order valence-electron chi connectivity index (χ1n) is 6.78. The van der Waals surface area contributed by atoms with Crippen molar-refractivity contribution in [1.29, 1.82) is 0 Å². The van der Waals surface area contributed by atoms with Gasteiger partial charge in [-0.05, 0) is 18.2 Å². The molecule has 0 saturated heterocycles. The van der Waals surface area contributed by atoms with E-state index in [9.17, 15) is 5.41 Å². The molecule has 2 heteroatoms. The van der Waals surface area contributed by atoms with Crippen molar-refractivity contribution in [2.45, 2.75) is 9.79 Å². The van der Waals surface area contributed by atoms with Gasteiger partial charge >= 0.3 is 0 Å². The van der Waals surface area contributed by atoms with Gasteiger partial charge in [-0.15, -0.1) is 5.41 Å². The molecule has 0 aliphatic heterocycles. The zero-order valence-corrected chi connectivity index (χ0v) is 12.3. The summed E-state index contributed by atoms with van der Waals surface area (Å²) in [6.45, 7) is 0. The topological polar surface area (TPSA) is 22.3 Å². The Kier molecular flexibility index (Phi) is 4.17. The average molecular weight is 288 g/mol. The fourth-order valence-corrected chi connectivity index (χ4v) is 3.09. The van der Waals surface area contributed by atoms with Crippen molar-refractivity contribution in [3.05, 3.63) is 96.1 Å². The lowest BCUT2D eigenvalue weighted by atomic mass is 10.0. The second kappa shape index (κ2) is 6.42. The summed E-state index contributed by atoms with van der Waals surface area (Å²) >= 11 is 1.66. The van der Waals surface area contributed by atoms with Gasteiger partial charge in [-0.2, -0.15) is 0 Å². The molecular formula is C19H14NS. The van der Waals surface area contributed by atoms with Crippen molar-refractivity contribution >= 4 is 17.5 Å². The van der Waals surface area contributed by atoms with E-state index in [0.717, 1.165) is 20.9 Å². The number of benzene rings is 3. The van der Waals surface area contributed by atoms with Gasteiger partial charge in [-0.3, -0.25) is 0 Å². The molecule has 3 aromatic rings. The van der Waals surface area contributed by atoms with E-state index >= 15 is 0 Å². The minimum atomic E-state index is 0.314. The Balaban J connectivity index is 1.95. The van der Waals surface area contributed by atoms with Gasteiger partial charge in [-0.25, -0.2) is 0 Å². The van der Waals surface area contributed by atoms with Crippen LogP contribution in [0.25, 0.3) is 0 Å². The van der Waals surface area contributed by atoms with E-state index in [1.807, 2.05) is 72.8 Å². The summed E-state index contributed by atoms with van der Waals surface area (Å²) in [4.78, 5) is 2.20. The van der Waals surface area contributed by atoms with Gasteiger partial charge in [0.1, 0.15) is 5.71 Å². The van der Waals surface area contributed by atoms with E-state index in [4.69, 9.17) is 0 Å². The summed E-state index contributed by atoms with van der Waals surface area (Å²) in [6, 6.07) is 27.7. The van der Waals surface area contributed by atoms with Crippen LogP contribution in [0.15, 0.2) is 94.7 Å². The van der Waals surface area contributed by atoms with Crippen LogP contribution in [0.1, 0.15) is 11.1 Å². The van der Waals surface area contributed by atoms with E-state index in [0.29, 0.717) is 5.71 Å². The van der Waals surface area contributed by atoms with E-state index < -0.39 is 0 Å². The maximum Gasteiger partial charge on any atom is 0.101 e. The summed E-state index contributed by atoms with van der Waals surface area (Å²) in [5.41, 5.74) is 2.01. The van der Waals surface area contributed by atoms with Crippen LogP contribution in [-0.4, -0.2) is 5.71 Å². The highest BCUT2D eigenvalue weighted by Crippen LogP contribution is 2.31. The second-order valence-electron chi connectivity index (χ2n) is 4.63. The second-order valence-corrected chi connectivity index (χ2v) is 5.74. The minimum Gasteiger partial charge on any atom is -0.149 e. The number of hydrogen-bond donors (Lipinski definition) is 0. The first-order chi connectivity index (χ1) is 10.3. The Hall–Kier alpha value is -2.32. The number of nitrogens with zero attached hydrogens (tertiary/aromatic N) is 1. The molecule has 0 spiro atoms. The fraction of sp³-hybridized carbons (Fsp3) is 0. The van der Waals surface area contributed by atoms with E-state index in [1.165, 1.54) is 0 Å². The Labute approximate surface area is 129 Å². The molecule has 1 radical (unpaired) electrons. The third kappa shape index (κ3) is 3.23. The van der Waals surface area contributed by atoms with Crippen LogP contribution >= 0.6 is 11.8 Å². The van der Waals surface area contributed by atoms with Gasteiger partial charge in [0.05, 0.1) is 0 Å². The van der Waals surface area contributed by atoms with Gasteiger partial charge in [0.15, 0.2) is 0 Å². The Morgan fingerprint density at radius 2 is 1.24 bits per heavy atom. The minimum absolute atomic E-state index is 0.314. The lowest BCUT2D eigenvalue weighted by Gasteiger charge is -2.09. The first-order valence-corrected chi connectivity index (χ1v) is 7.60. The highest BCUT2D eigenvalue weighted by molar-refractivity contribution is 7.99. The van der Waals surface area contributed by atoms with Gasteiger partial charge in [0, 0.05) is 20.9 Å². The molecule has 101 valence electrons. The SMILES string of the molecule is [N]=C(c1ccccc1)c1ccccc1Sc1ccccc1. The molecule has 0 unspecified atom stereocenters. The van der Waals surface area contributed by atoms with Crippen LogP contribution in [0.4, 0.5) is 0 Å². The lowest BCUT2D eigenvalue weighted by Crippen LogP contribution is -2.05. The molecule has 0 N–H and O–H groups in total. The normalized spacial score (nSPS) is 10.3. The molecule has 0 aliphatic rings. The molecule has 1 nitrogen and oxygen atoms in total. The maximum absolute atomic E-state index is 10.6. The molecule has 0 aliphatic carbocycles. The molecule has 0 atom stereocenters. The summed E-state index contributed by atoms with van der Waals surface area (Å²) < 4.78 is 0. The predicted octanol–water partition coefficient (Wildman–Crippen LogP) is 4.48. The Bertz CT molecular complexity index is 736. The zero-order valence-electron chi connectivity index (χ0n) is 11.4. The summed E-state index contributed by atoms with van der Waals surface area (Å²) in [6.07, 6.45) is 0. The van der Waals surface area contributed by atoms with Crippen molar-refractivity contribution in [2.24, 2.45) is 0 Å². The van der Waals surface area contributed by atoms with Crippen LogP contribution in [0.3, 0.4) is 0 Å². The summed E-state index contributed by atoms with van der Waals surface area (Å²) in [7, 11) is 0. The zero-order chi connectivity index (χ0) is 14.5. The largest absolute Gasteiger partial charge is 0.149 e. The van der Waals surface area contributed by atoms with Crippen molar-refractivity contribution in [3.8, 4) is 0 Å². The van der Waals surface area contributed by atoms with Gasteiger partial charge in [-0.1, -0.05) is 78.5 Å². The van der Waals surface area contributed by atoms with Crippen LogP contribution in [-0.2, 0) is 0 Å². The number of rotatable bonds is 4. The molecule has 0 saturated carbocycles. The third-order valence-corrected chi connectivity index (χ3v) is 4.24. The molecule has 3 rings (SSSR count). The monoisotopic (exact) mass is 288 g/mol. The quantitative estimate of drug-likeness (QED) is 0.649. The van der Waals surface area contributed by atoms with Crippen LogP contribution in [0.2, 0.25) is 0 Å². The fourth-order valence-electron chi connectivity index (χ4n) is 2.12. The first kappa shape index (κ1) is 13.7. The Morgan fingerprint density at radius 3 is 1.95 bits per heavy atom. The summed E-state index contributed by atoms with van der Waals surface area (Å²) in [5, 5.41) is 10.6. The summed E-state index contributed by atoms with van der Waals surface area (Å²) in [5.74, 6) is 0. The highest BCUT2D eigenvalue weighted by Gasteiger charge is 2.11.